The summed E-state index contributed by atoms with van der Waals surface area (Å²) in [5.74, 6) is 2.57. The summed E-state index contributed by atoms with van der Waals surface area (Å²) in [5.41, 5.74) is 1.93. The van der Waals surface area contributed by atoms with Crippen LogP contribution in [-0.2, 0) is 12.3 Å². The maximum atomic E-state index is 13.0. The average molecular weight is 453 g/mol. The van der Waals surface area contributed by atoms with Crippen molar-refractivity contribution in [3.63, 3.8) is 0 Å². The van der Waals surface area contributed by atoms with Gasteiger partial charge >= 0.3 is 0 Å². The Balaban J connectivity index is 1.29. The molecule has 1 amide bonds. The second kappa shape index (κ2) is 10.7. The van der Waals surface area contributed by atoms with Gasteiger partial charge in [-0.3, -0.25) is 9.69 Å². The van der Waals surface area contributed by atoms with E-state index in [1.807, 2.05) is 36.4 Å². The summed E-state index contributed by atoms with van der Waals surface area (Å²) >= 11 is 1.53. The molecule has 0 atom stereocenters. The zero-order valence-corrected chi connectivity index (χ0v) is 19.2. The van der Waals surface area contributed by atoms with Crippen LogP contribution in [0.4, 0.5) is 0 Å². The van der Waals surface area contributed by atoms with Gasteiger partial charge in [0.25, 0.3) is 5.91 Å². The number of ether oxygens (including phenoxy) is 1. The number of piperidine rings is 1. The summed E-state index contributed by atoms with van der Waals surface area (Å²) in [6, 6.07) is 16.0. The van der Waals surface area contributed by atoms with Gasteiger partial charge < -0.3 is 14.6 Å². The van der Waals surface area contributed by atoms with Crippen LogP contribution in [0.15, 0.2) is 57.9 Å². The molecule has 0 spiro atoms. The van der Waals surface area contributed by atoms with Gasteiger partial charge in [-0.05, 0) is 49.6 Å². The van der Waals surface area contributed by atoms with E-state index < -0.39 is 0 Å². The maximum absolute atomic E-state index is 13.0. The number of hydrogen-bond acceptors (Lipinski definition) is 7. The molecule has 1 fully saturated rings. The minimum absolute atomic E-state index is 0.0268. The number of amides is 1. The molecule has 1 aliphatic rings. The van der Waals surface area contributed by atoms with Gasteiger partial charge in [-0.2, -0.15) is 4.98 Å². The van der Waals surface area contributed by atoms with Crippen LogP contribution in [0.2, 0.25) is 0 Å². The molecule has 7 nitrogen and oxygen atoms in total. The molecule has 0 aliphatic carbocycles. The predicted octanol–water partition coefficient (Wildman–Crippen LogP) is 4.07. The molecule has 0 unspecified atom stereocenters. The Kier molecular flexibility index (Phi) is 7.44. The highest BCUT2D eigenvalue weighted by Gasteiger charge is 2.22. The van der Waals surface area contributed by atoms with Crippen molar-refractivity contribution in [2.24, 2.45) is 0 Å². The lowest BCUT2D eigenvalue weighted by atomic mass is 10.0. The number of benzene rings is 2. The lowest BCUT2D eigenvalue weighted by molar-refractivity contribution is 0.0906. The number of aromatic nitrogens is 2. The smallest absolute Gasteiger partial charge is 0.252 e. The van der Waals surface area contributed by atoms with Gasteiger partial charge in [-0.15, -0.1) is 11.8 Å². The Morgan fingerprint density at radius 3 is 2.78 bits per heavy atom. The van der Waals surface area contributed by atoms with Gasteiger partial charge in [0, 0.05) is 30.6 Å². The molecule has 1 N–H and O–H groups in total. The number of thioether (sulfide) groups is 1. The lowest BCUT2D eigenvalue weighted by Crippen LogP contribution is -2.44. The molecule has 4 rings (SSSR count). The van der Waals surface area contributed by atoms with Crippen LogP contribution >= 0.6 is 11.8 Å². The molecule has 1 saturated heterocycles. The standard InChI is InChI=1S/C24H28N4O3S/c1-17-25-23(31-27-17)16-32-22-9-4-3-8-21(22)24(29)26-19-10-12-28(13-11-19)15-18-6-5-7-20(14-18)30-2/h3-9,14,19H,10-13,15-16H2,1-2H3,(H,26,29). The third kappa shape index (κ3) is 5.89. The molecule has 1 aliphatic heterocycles. The van der Waals surface area contributed by atoms with Crippen molar-refractivity contribution in [2.45, 2.75) is 43.0 Å². The fourth-order valence-electron chi connectivity index (χ4n) is 3.85. The summed E-state index contributed by atoms with van der Waals surface area (Å²) < 4.78 is 10.5. The first-order valence-corrected chi connectivity index (χ1v) is 11.8. The number of likely N-dealkylation sites (tertiary alicyclic amines) is 1. The monoisotopic (exact) mass is 452 g/mol. The fourth-order valence-corrected chi connectivity index (χ4v) is 4.73. The highest BCUT2D eigenvalue weighted by molar-refractivity contribution is 7.98. The molecule has 2 aromatic carbocycles. The van der Waals surface area contributed by atoms with Crippen molar-refractivity contribution in [3.05, 3.63) is 71.4 Å². The molecular formula is C24H28N4O3S. The number of carbonyl (C=O) groups is 1. The first-order valence-electron chi connectivity index (χ1n) is 10.8. The largest absolute Gasteiger partial charge is 0.497 e. The molecule has 0 bridgehead atoms. The van der Waals surface area contributed by atoms with E-state index in [0.717, 1.165) is 43.1 Å². The van der Waals surface area contributed by atoms with Crippen LogP contribution in [0, 0.1) is 6.92 Å². The highest BCUT2D eigenvalue weighted by atomic mass is 32.2. The van der Waals surface area contributed by atoms with Crippen molar-refractivity contribution >= 4 is 17.7 Å². The molecule has 1 aromatic heterocycles. The van der Waals surface area contributed by atoms with E-state index in [4.69, 9.17) is 9.26 Å². The maximum Gasteiger partial charge on any atom is 0.252 e. The zero-order chi connectivity index (χ0) is 22.3. The van der Waals surface area contributed by atoms with Crippen molar-refractivity contribution in [1.82, 2.24) is 20.4 Å². The van der Waals surface area contributed by atoms with Gasteiger partial charge in [-0.25, -0.2) is 0 Å². The SMILES string of the molecule is COc1cccc(CN2CCC(NC(=O)c3ccccc3SCc3nc(C)no3)CC2)c1. The Morgan fingerprint density at radius 1 is 1.22 bits per heavy atom. The van der Waals surface area contributed by atoms with E-state index in [1.54, 1.807) is 14.0 Å². The topological polar surface area (TPSA) is 80.5 Å². The first-order chi connectivity index (χ1) is 15.6. The zero-order valence-electron chi connectivity index (χ0n) is 18.4. The van der Waals surface area contributed by atoms with Gasteiger partial charge in [0.2, 0.25) is 5.89 Å². The second-order valence-corrected chi connectivity index (χ2v) is 8.91. The van der Waals surface area contributed by atoms with E-state index in [2.05, 4.69) is 32.5 Å². The number of hydrogen-bond donors (Lipinski definition) is 1. The van der Waals surface area contributed by atoms with Crippen LogP contribution in [0.3, 0.4) is 0 Å². The van der Waals surface area contributed by atoms with E-state index in [1.165, 1.54) is 17.3 Å². The van der Waals surface area contributed by atoms with Crippen LogP contribution in [0.1, 0.15) is 40.5 Å². The quantitative estimate of drug-likeness (QED) is 0.516. The number of rotatable bonds is 8. The predicted molar refractivity (Wildman–Crippen MR) is 124 cm³/mol. The average Bonchev–Trinajstić information content (AvgIpc) is 3.24. The number of methoxy groups -OCH3 is 1. The molecule has 2 heterocycles. The summed E-state index contributed by atoms with van der Waals surface area (Å²) in [7, 11) is 1.69. The fraction of sp³-hybridized carbons (Fsp3) is 0.375. The Bertz CT molecular complexity index is 1050. The van der Waals surface area contributed by atoms with Crippen LogP contribution in [0.25, 0.3) is 0 Å². The van der Waals surface area contributed by atoms with E-state index in [0.29, 0.717) is 23.0 Å². The summed E-state index contributed by atoms with van der Waals surface area (Å²) in [5, 5.41) is 7.05. The van der Waals surface area contributed by atoms with E-state index >= 15 is 0 Å². The van der Waals surface area contributed by atoms with Crippen molar-refractivity contribution in [2.75, 3.05) is 20.2 Å². The number of carbonyl (C=O) groups excluding carboxylic acids is 1. The third-order valence-electron chi connectivity index (χ3n) is 5.52. The summed E-state index contributed by atoms with van der Waals surface area (Å²) in [6.07, 6.45) is 1.87. The third-order valence-corrected chi connectivity index (χ3v) is 6.57. The number of nitrogens with one attached hydrogen (secondary N) is 1. The van der Waals surface area contributed by atoms with Gasteiger partial charge in [0.05, 0.1) is 18.4 Å². The minimum Gasteiger partial charge on any atom is -0.497 e. The molecule has 32 heavy (non-hydrogen) atoms. The van der Waals surface area contributed by atoms with Crippen LogP contribution in [-0.4, -0.2) is 47.2 Å². The van der Waals surface area contributed by atoms with Crippen molar-refractivity contribution in [1.29, 1.82) is 0 Å². The van der Waals surface area contributed by atoms with E-state index in [-0.39, 0.29) is 11.9 Å². The lowest BCUT2D eigenvalue weighted by Gasteiger charge is -2.32. The van der Waals surface area contributed by atoms with Crippen LogP contribution in [0.5, 0.6) is 5.75 Å². The highest BCUT2D eigenvalue weighted by Crippen LogP contribution is 2.26. The second-order valence-electron chi connectivity index (χ2n) is 7.90. The summed E-state index contributed by atoms with van der Waals surface area (Å²) in [4.78, 5) is 20.6. The van der Waals surface area contributed by atoms with Crippen molar-refractivity contribution < 1.29 is 14.1 Å². The van der Waals surface area contributed by atoms with Gasteiger partial charge in [0.1, 0.15) is 5.75 Å². The molecule has 8 heteroatoms. The number of nitrogens with zero attached hydrogens (tertiary/aromatic N) is 3. The molecule has 168 valence electrons. The molecule has 0 radical (unpaired) electrons. The first kappa shape index (κ1) is 22.4. The number of aryl methyl sites for hydroxylation is 1. The molecular weight excluding hydrogens is 424 g/mol. The summed E-state index contributed by atoms with van der Waals surface area (Å²) in [6.45, 7) is 4.59. The Labute approximate surface area is 192 Å². The molecule has 0 saturated carbocycles. The van der Waals surface area contributed by atoms with E-state index in [9.17, 15) is 4.79 Å². The van der Waals surface area contributed by atoms with Gasteiger partial charge in [-0.1, -0.05) is 29.4 Å². The molecule has 3 aromatic rings. The van der Waals surface area contributed by atoms with Crippen molar-refractivity contribution in [3.8, 4) is 5.75 Å². The normalized spacial score (nSPS) is 14.9. The minimum atomic E-state index is -0.0268. The van der Waals surface area contributed by atoms with Crippen LogP contribution < -0.4 is 10.1 Å². The van der Waals surface area contributed by atoms with Gasteiger partial charge in [0.15, 0.2) is 5.82 Å². The Hall–Kier alpha value is -2.84. The Morgan fingerprint density at radius 2 is 2.03 bits per heavy atom.